The molecule has 41 heavy (non-hydrogen) atoms. The first-order valence-corrected chi connectivity index (χ1v) is 16.3. The second-order valence-corrected chi connectivity index (χ2v) is 15.3. The van der Waals surface area contributed by atoms with Crippen molar-refractivity contribution < 1.29 is 32.9 Å². The van der Waals surface area contributed by atoms with Crippen molar-refractivity contribution >= 4 is 63.3 Å². The molecule has 4 aromatic carbocycles. The Morgan fingerprint density at radius 2 is 1.34 bits per heavy atom. The fraction of sp³-hybridized carbons (Fsp3) is 0.0345. The predicted molar refractivity (Wildman–Crippen MR) is 154 cm³/mol. The third kappa shape index (κ3) is 5.25. The summed E-state index contributed by atoms with van der Waals surface area (Å²) in [5.74, 6) is 0. The molecule has 0 spiro atoms. The fourth-order valence-electron chi connectivity index (χ4n) is 4.15. The molecule has 0 saturated carbocycles. The summed E-state index contributed by atoms with van der Waals surface area (Å²) >= 11 is -3.50. The first kappa shape index (κ1) is 27.2. The van der Waals surface area contributed by atoms with Crippen molar-refractivity contribution in [2.45, 2.75) is 11.1 Å². The van der Waals surface area contributed by atoms with E-state index in [4.69, 9.17) is 11.3 Å². The molecule has 12 heteroatoms. The maximum atomic E-state index is 13.4. The molecule has 7 nitrogen and oxygen atoms in total. The molecule has 0 aliphatic rings. The van der Waals surface area contributed by atoms with Crippen LogP contribution in [0.1, 0.15) is 5.56 Å². The second kappa shape index (κ2) is 10.1. The van der Waals surface area contributed by atoms with E-state index in [9.17, 15) is 31.2 Å². The third-order valence-electron chi connectivity index (χ3n) is 6.14. The Kier molecular flexibility index (Phi) is 6.71. The molecular formula is C29H16F3IO7S. The number of halogens is 4. The van der Waals surface area contributed by atoms with Gasteiger partial charge in [-0.15, -0.1) is 0 Å². The SMILES string of the molecule is O=c1ccc2ccc(I(OS(=O)(=O)c3ccc(C(F)(F)F)cc3)c3ccc4oc5ccccc5c(=O)c4c3)cc2o1. The van der Waals surface area contributed by atoms with E-state index in [1.54, 1.807) is 48.5 Å². The van der Waals surface area contributed by atoms with E-state index in [1.807, 2.05) is 0 Å². The van der Waals surface area contributed by atoms with Crippen molar-refractivity contribution in [2.75, 3.05) is 0 Å². The van der Waals surface area contributed by atoms with Gasteiger partial charge in [-0.05, 0) is 0 Å². The van der Waals surface area contributed by atoms with Crippen molar-refractivity contribution in [3.63, 3.8) is 0 Å². The monoisotopic (exact) mass is 692 g/mol. The summed E-state index contributed by atoms with van der Waals surface area (Å²) in [6.45, 7) is 0. The Morgan fingerprint density at radius 1 is 0.683 bits per heavy atom. The summed E-state index contributed by atoms with van der Waals surface area (Å²) in [5.41, 5.74) is -1.08. The van der Waals surface area contributed by atoms with Crippen molar-refractivity contribution in [1.29, 1.82) is 0 Å². The molecule has 0 aliphatic carbocycles. The van der Waals surface area contributed by atoms with Gasteiger partial charge in [-0.2, -0.15) is 0 Å². The zero-order valence-electron chi connectivity index (χ0n) is 20.5. The Balaban J connectivity index is 1.51. The van der Waals surface area contributed by atoms with Gasteiger partial charge in [0.15, 0.2) is 0 Å². The van der Waals surface area contributed by atoms with Crippen LogP contribution in [0.2, 0.25) is 0 Å². The van der Waals surface area contributed by atoms with Gasteiger partial charge in [0.2, 0.25) is 0 Å². The molecule has 0 saturated heterocycles. The normalized spacial score (nSPS) is 12.7. The molecular weight excluding hydrogens is 676 g/mol. The molecule has 6 rings (SSSR count). The van der Waals surface area contributed by atoms with Crippen molar-refractivity contribution in [2.24, 2.45) is 0 Å². The Morgan fingerprint density at radius 3 is 2.10 bits per heavy atom. The first-order chi connectivity index (χ1) is 19.5. The van der Waals surface area contributed by atoms with Gasteiger partial charge in [-0.25, -0.2) is 0 Å². The minimum atomic E-state index is -4.65. The van der Waals surface area contributed by atoms with Crippen LogP contribution in [0, 0.1) is 7.14 Å². The van der Waals surface area contributed by atoms with Gasteiger partial charge in [0, 0.05) is 0 Å². The van der Waals surface area contributed by atoms with Gasteiger partial charge in [0.25, 0.3) is 0 Å². The molecule has 2 aromatic heterocycles. The van der Waals surface area contributed by atoms with Gasteiger partial charge >= 0.3 is 238 Å². The number of hydrogen-bond donors (Lipinski definition) is 0. The fourth-order valence-corrected chi connectivity index (χ4v) is 11.2. The summed E-state index contributed by atoms with van der Waals surface area (Å²) in [5, 5.41) is 1.12. The number of rotatable bonds is 5. The first-order valence-electron chi connectivity index (χ1n) is 11.8. The van der Waals surface area contributed by atoms with Gasteiger partial charge in [0.1, 0.15) is 0 Å². The van der Waals surface area contributed by atoms with Crippen LogP contribution in [0.3, 0.4) is 0 Å². The van der Waals surface area contributed by atoms with E-state index >= 15 is 0 Å². The molecule has 0 radical (unpaired) electrons. The van der Waals surface area contributed by atoms with E-state index in [-0.39, 0.29) is 22.0 Å². The Bertz CT molecular complexity index is 2190. The van der Waals surface area contributed by atoms with Crippen LogP contribution in [0.15, 0.2) is 120 Å². The Hall–Kier alpha value is -4.01. The topological polar surface area (TPSA) is 104 Å². The molecule has 0 N–H and O–H groups in total. The van der Waals surface area contributed by atoms with Crippen LogP contribution >= 0.6 is 20.2 Å². The molecule has 6 aromatic rings. The summed E-state index contributed by atoms with van der Waals surface area (Å²) in [6.07, 6.45) is -4.65. The molecule has 208 valence electrons. The van der Waals surface area contributed by atoms with E-state index in [1.165, 1.54) is 24.3 Å². The minimum absolute atomic E-state index is 0.194. The quantitative estimate of drug-likeness (QED) is 0.110. The van der Waals surface area contributed by atoms with Crippen LogP contribution in [-0.4, -0.2) is 8.42 Å². The molecule has 0 amide bonds. The zero-order valence-corrected chi connectivity index (χ0v) is 23.5. The van der Waals surface area contributed by atoms with Crippen LogP contribution in [0.4, 0.5) is 13.2 Å². The average Bonchev–Trinajstić information content (AvgIpc) is 2.95. The van der Waals surface area contributed by atoms with Gasteiger partial charge in [0.05, 0.1) is 0 Å². The summed E-state index contributed by atoms with van der Waals surface area (Å²) in [6, 6.07) is 21.8. The van der Waals surface area contributed by atoms with Gasteiger partial charge < -0.3 is 0 Å². The summed E-state index contributed by atoms with van der Waals surface area (Å²) in [7, 11) is -4.57. The van der Waals surface area contributed by atoms with Crippen LogP contribution in [0.5, 0.6) is 0 Å². The van der Waals surface area contributed by atoms with Gasteiger partial charge in [-0.3, -0.25) is 0 Å². The number of benzene rings is 4. The molecule has 0 fully saturated rings. The second-order valence-electron chi connectivity index (χ2n) is 8.79. The number of para-hydroxylation sites is 1. The maximum absolute atomic E-state index is 13.4. The van der Waals surface area contributed by atoms with Crippen LogP contribution in [-0.2, 0) is 18.8 Å². The molecule has 0 aliphatic heterocycles. The molecule has 2 heterocycles. The number of alkyl halides is 3. The standard InChI is InChI=1S/C29H16F3IO7S/c30-29(31,32)18-7-11-21(12-8-18)41(36,37)40-33(20-9-5-17-6-14-27(34)39-26(17)16-20)19-10-13-25-23(15-19)28(35)22-3-1-2-4-24(22)38-25/h1-16H. The van der Waals surface area contributed by atoms with Gasteiger partial charge in [-0.1, -0.05) is 0 Å². The zero-order chi connectivity index (χ0) is 28.9. The predicted octanol–water partition coefficient (Wildman–Crippen LogP) is 6.94. The van der Waals surface area contributed by atoms with E-state index in [0.717, 1.165) is 12.1 Å². The van der Waals surface area contributed by atoms with E-state index in [0.29, 0.717) is 35.6 Å². The molecule has 0 bridgehead atoms. The van der Waals surface area contributed by atoms with E-state index < -0.39 is 52.6 Å². The molecule has 0 atom stereocenters. The van der Waals surface area contributed by atoms with E-state index in [2.05, 4.69) is 0 Å². The van der Waals surface area contributed by atoms with Crippen molar-refractivity contribution in [1.82, 2.24) is 0 Å². The van der Waals surface area contributed by atoms with Crippen LogP contribution in [0.25, 0.3) is 32.9 Å². The van der Waals surface area contributed by atoms with Crippen LogP contribution < -0.4 is 11.1 Å². The van der Waals surface area contributed by atoms with Crippen molar-refractivity contribution in [3.05, 3.63) is 130 Å². The Labute approximate surface area is 236 Å². The summed E-state index contributed by atoms with van der Waals surface area (Å²) < 4.78 is 83.5. The molecule has 0 unspecified atom stereocenters. The number of hydrogen-bond acceptors (Lipinski definition) is 7. The summed E-state index contributed by atoms with van der Waals surface area (Å²) in [4.78, 5) is 24.7. The van der Waals surface area contributed by atoms with Crippen molar-refractivity contribution in [3.8, 4) is 0 Å². The average molecular weight is 692 g/mol. The third-order valence-corrected chi connectivity index (χ3v) is 13.4. The number of fused-ring (bicyclic) bond motifs is 3.